The summed E-state index contributed by atoms with van der Waals surface area (Å²) in [6.07, 6.45) is 1.97. The van der Waals surface area contributed by atoms with Gasteiger partial charge in [0.1, 0.15) is 0 Å². The standard InChI is InChI=1S/C14H17NO2.ClH/c16-14-12-4-2-1-3-11(12)5-6-13(14)15-7-9-17-10-8-15;/h1-4,13H,5-10H2;1H. The molecular formula is C14H18ClNO2. The first-order valence-corrected chi connectivity index (χ1v) is 6.30. The van der Waals surface area contributed by atoms with Crippen molar-refractivity contribution >= 4 is 18.2 Å². The van der Waals surface area contributed by atoms with Crippen molar-refractivity contribution < 1.29 is 9.53 Å². The van der Waals surface area contributed by atoms with Gasteiger partial charge in [0, 0.05) is 18.7 Å². The monoisotopic (exact) mass is 267 g/mol. The molecule has 1 aliphatic heterocycles. The maximum absolute atomic E-state index is 12.4. The summed E-state index contributed by atoms with van der Waals surface area (Å²) in [6, 6.07) is 8.08. The lowest BCUT2D eigenvalue weighted by Gasteiger charge is -2.36. The van der Waals surface area contributed by atoms with Gasteiger partial charge in [-0.2, -0.15) is 0 Å². The number of aryl methyl sites for hydroxylation is 1. The average Bonchev–Trinajstić information content (AvgIpc) is 2.40. The van der Waals surface area contributed by atoms with E-state index in [0.29, 0.717) is 5.78 Å². The number of ketones is 1. The highest BCUT2D eigenvalue weighted by atomic mass is 35.5. The van der Waals surface area contributed by atoms with Crippen LogP contribution in [0.5, 0.6) is 0 Å². The molecule has 4 heteroatoms. The Morgan fingerprint density at radius 3 is 2.67 bits per heavy atom. The Hall–Kier alpha value is -0.900. The van der Waals surface area contributed by atoms with Crippen molar-refractivity contribution in [1.82, 2.24) is 4.90 Å². The quantitative estimate of drug-likeness (QED) is 0.779. The van der Waals surface area contributed by atoms with Gasteiger partial charge in [0.15, 0.2) is 5.78 Å². The maximum atomic E-state index is 12.4. The first-order chi connectivity index (χ1) is 8.36. The Balaban J connectivity index is 0.00000120. The number of carbonyl (C=O) groups excluding carboxylic acids is 1. The van der Waals surface area contributed by atoms with E-state index in [-0.39, 0.29) is 18.4 Å². The summed E-state index contributed by atoms with van der Waals surface area (Å²) in [5, 5.41) is 0. The number of nitrogens with zero attached hydrogens (tertiary/aromatic N) is 1. The topological polar surface area (TPSA) is 29.5 Å². The SMILES string of the molecule is Cl.O=C1c2ccccc2CCC1N1CCOCC1. The summed E-state index contributed by atoms with van der Waals surface area (Å²) in [7, 11) is 0. The van der Waals surface area contributed by atoms with Crippen molar-refractivity contribution in [2.24, 2.45) is 0 Å². The summed E-state index contributed by atoms with van der Waals surface area (Å²) >= 11 is 0. The van der Waals surface area contributed by atoms with Crippen LogP contribution in [0.1, 0.15) is 22.3 Å². The van der Waals surface area contributed by atoms with Crippen molar-refractivity contribution in [3.8, 4) is 0 Å². The van der Waals surface area contributed by atoms with Gasteiger partial charge in [0.2, 0.25) is 0 Å². The molecule has 3 nitrogen and oxygen atoms in total. The summed E-state index contributed by atoms with van der Waals surface area (Å²) in [6.45, 7) is 3.29. The smallest absolute Gasteiger partial charge is 0.180 e. The lowest BCUT2D eigenvalue weighted by Crippen LogP contribution is -2.49. The van der Waals surface area contributed by atoms with Gasteiger partial charge < -0.3 is 4.74 Å². The largest absolute Gasteiger partial charge is 0.379 e. The molecule has 0 N–H and O–H groups in total. The van der Waals surface area contributed by atoms with E-state index in [4.69, 9.17) is 4.74 Å². The summed E-state index contributed by atoms with van der Waals surface area (Å²) in [4.78, 5) is 14.7. The highest BCUT2D eigenvalue weighted by Crippen LogP contribution is 2.24. The number of fused-ring (bicyclic) bond motifs is 1. The van der Waals surface area contributed by atoms with Gasteiger partial charge >= 0.3 is 0 Å². The lowest BCUT2D eigenvalue weighted by molar-refractivity contribution is 0.0152. The second-order valence-electron chi connectivity index (χ2n) is 4.72. The zero-order valence-corrected chi connectivity index (χ0v) is 11.1. The zero-order chi connectivity index (χ0) is 11.7. The van der Waals surface area contributed by atoms with Crippen LogP contribution >= 0.6 is 12.4 Å². The first kappa shape index (κ1) is 13.5. The number of carbonyl (C=O) groups is 1. The van der Waals surface area contributed by atoms with Crippen LogP contribution in [0.3, 0.4) is 0 Å². The van der Waals surface area contributed by atoms with E-state index >= 15 is 0 Å². The lowest BCUT2D eigenvalue weighted by atomic mass is 9.86. The van der Waals surface area contributed by atoms with Crippen LogP contribution in [-0.2, 0) is 11.2 Å². The molecule has 0 bridgehead atoms. The molecule has 98 valence electrons. The highest BCUT2D eigenvalue weighted by molar-refractivity contribution is 6.02. The Bertz CT molecular complexity index is 430. The van der Waals surface area contributed by atoms with Crippen LogP contribution in [-0.4, -0.2) is 43.0 Å². The fraction of sp³-hybridized carbons (Fsp3) is 0.500. The zero-order valence-electron chi connectivity index (χ0n) is 10.3. The van der Waals surface area contributed by atoms with E-state index in [0.717, 1.165) is 44.7 Å². The van der Waals surface area contributed by atoms with Crippen LogP contribution in [0.2, 0.25) is 0 Å². The first-order valence-electron chi connectivity index (χ1n) is 6.30. The number of hydrogen-bond donors (Lipinski definition) is 0. The molecule has 1 unspecified atom stereocenters. The highest BCUT2D eigenvalue weighted by Gasteiger charge is 2.32. The van der Waals surface area contributed by atoms with Gasteiger partial charge in [-0.15, -0.1) is 12.4 Å². The third-order valence-corrected chi connectivity index (χ3v) is 3.76. The van der Waals surface area contributed by atoms with Crippen molar-refractivity contribution in [2.75, 3.05) is 26.3 Å². The molecule has 0 radical (unpaired) electrons. The molecule has 1 fully saturated rings. The minimum atomic E-state index is 0. The maximum Gasteiger partial charge on any atom is 0.180 e. The van der Waals surface area contributed by atoms with Crippen molar-refractivity contribution in [2.45, 2.75) is 18.9 Å². The molecule has 3 rings (SSSR count). The van der Waals surface area contributed by atoms with E-state index in [9.17, 15) is 4.79 Å². The van der Waals surface area contributed by atoms with E-state index in [1.165, 1.54) is 5.56 Å². The molecule has 18 heavy (non-hydrogen) atoms. The Morgan fingerprint density at radius 1 is 1.17 bits per heavy atom. The number of Topliss-reactive ketones (excluding diaryl/α,β-unsaturated/α-hetero) is 1. The fourth-order valence-corrected chi connectivity index (χ4v) is 2.82. The molecule has 0 amide bonds. The van der Waals surface area contributed by atoms with Crippen molar-refractivity contribution in [3.05, 3.63) is 35.4 Å². The minimum absolute atomic E-state index is 0. The van der Waals surface area contributed by atoms with Crippen LogP contribution < -0.4 is 0 Å². The van der Waals surface area contributed by atoms with Gasteiger partial charge in [-0.3, -0.25) is 9.69 Å². The molecule has 1 aromatic rings. The van der Waals surface area contributed by atoms with Gasteiger partial charge in [-0.25, -0.2) is 0 Å². The van der Waals surface area contributed by atoms with Gasteiger partial charge in [0.05, 0.1) is 19.3 Å². The molecular weight excluding hydrogens is 250 g/mol. The molecule has 1 saturated heterocycles. The molecule has 1 aliphatic carbocycles. The van der Waals surface area contributed by atoms with E-state index < -0.39 is 0 Å². The number of halogens is 1. The average molecular weight is 268 g/mol. The number of benzene rings is 1. The van der Waals surface area contributed by atoms with Gasteiger partial charge in [-0.05, 0) is 18.4 Å². The second kappa shape index (κ2) is 5.83. The summed E-state index contributed by atoms with van der Waals surface area (Å²) in [5.41, 5.74) is 2.14. The minimum Gasteiger partial charge on any atom is -0.379 e. The predicted octanol–water partition coefficient (Wildman–Crippen LogP) is 1.94. The van der Waals surface area contributed by atoms with Crippen LogP contribution in [0.15, 0.2) is 24.3 Å². The van der Waals surface area contributed by atoms with Gasteiger partial charge in [0.25, 0.3) is 0 Å². The Labute approximate surface area is 114 Å². The van der Waals surface area contributed by atoms with E-state index in [1.54, 1.807) is 0 Å². The predicted molar refractivity (Wildman–Crippen MR) is 72.5 cm³/mol. The van der Waals surface area contributed by atoms with E-state index in [1.807, 2.05) is 18.2 Å². The number of ether oxygens (including phenoxy) is 1. The Kier molecular flexibility index (Phi) is 4.38. The molecule has 1 aromatic carbocycles. The second-order valence-corrected chi connectivity index (χ2v) is 4.72. The third kappa shape index (κ3) is 2.44. The number of hydrogen-bond acceptors (Lipinski definition) is 3. The summed E-state index contributed by atoms with van der Waals surface area (Å²) < 4.78 is 5.34. The molecule has 1 atom stereocenters. The number of rotatable bonds is 1. The van der Waals surface area contributed by atoms with Crippen LogP contribution in [0.4, 0.5) is 0 Å². The molecule has 0 spiro atoms. The molecule has 1 heterocycles. The van der Waals surface area contributed by atoms with Crippen molar-refractivity contribution in [1.29, 1.82) is 0 Å². The molecule has 2 aliphatic rings. The number of morpholine rings is 1. The Morgan fingerprint density at radius 2 is 1.89 bits per heavy atom. The van der Waals surface area contributed by atoms with Crippen molar-refractivity contribution in [3.63, 3.8) is 0 Å². The molecule has 0 saturated carbocycles. The van der Waals surface area contributed by atoms with E-state index in [2.05, 4.69) is 11.0 Å². The fourth-order valence-electron chi connectivity index (χ4n) is 2.82. The normalized spacial score (nSPS) is 24.2. The third-order valence-electron chi connectivity index (χ3n) is 3.76. The van der Waals surface area contributed by atoms with Crippen LogP contribution in [0.25, 0.3) is 0 Å². The van der Waals surface area contributed by atoms with Gasteiger partial charge in [-0.1, -0.05) is 24.3 Å². The van der Waals surface area contributed by atoms with Crippen LogP contribution in [0, 0.1) is 0 Å². The summed E-state index contributed by atoms with van der Waals surface area (Å²) in [5.74, 6) is 0.300. The molecule has 0 aromatic heterocycles.